The first-order chi connectivity index (χ1) is 11.8. The number of hydrogen-bond acceptors (Lipinski definition) is 1. The Morgan fingerprint density at radius 2 is 1.88 bits per heavy atom. The second-order valence-corrected chi connectivity index (χ2v) is 8.66. The Hall–Kier alpha value is -1.38. The lowest BCUT2D eigenvalue weighted by Crippen LogP contribution is -2.07. The number of rotatable bonds is 6. The molecule has 1 heterocycles. The van der Waals surface area contributed by atoms with Gasteiger partial charge in [-0.2, -0.15) is 0 Å². The molecular formula is C22H30NS+. The molecule has 0 saturated heterocycles. The van der Waals surface area contributed by atoms with E-state index in [1.807, 2.05) is 0 Å². The molecule has 1 unspecified atom stereocenters. The van der Waals surface area contributed by atoms with Crippen molar-refractivity contribution < 1.29 is 0 Å². The minimum atomic E-state index is 0.133. The van der Waals surface area contributed by atoms with Crippen molar-refractivity contribution in [3.8, 4) is 0 Å². The van der Waals surface area contributed by atoms with Crippen molar-refractivity contribution in [1.82, 2.24) is 0 Å². The lowest BCUT2D eigenvalue weighted by Gasteiger charge is -2.21. The Balaban J connectivity index is 1.84. The summed E-state index contributed by atoms with van der Waals surface area (Å²) in [5.74, 6) is 0.797. The van der Waals surface area contributed by atoms with E-state index in [-0.39, 0.29) is 10.7 Å². The summed E-state index contributed by atoms with van der Waals surface area (Å²) in [6.45, 7) is 5.53. The van der Waals surface area contributed by atoms with E-state index < -0.39 is 0 Å². The van der Waals surface area contributed by atoms with Gasteiger partial charge in [-0.3, -0.25) is 0 Å². The largest absolute Gasteiger partial charge is 0.179 e. The molecule has 0 radical (unpaired) electrons. The molecule has 0 spiro atoms. The van der Waals surface area contributed by atoms with Gasteiger partial charge < -0.3 is 0 Å². The maximum absolute atomic E-state index is 3.69. The van der Waals surface area contributed by atoms with E-state index in [4.69, 9.17) is 0 Å². The number of benzene rings is 1. The summed E-state index contributed by atoms with van der Waals surface area (Å²) in [5, 5.41) is 2.42. The van der Waals surface area contributed by atoms with Crippen LogP contribution in [0.4, 0.5) is 0 Å². The average molecular weight is 341 g/mol. The molecule has 0 aliphatic heterocycles. The molecule has 128 valence electrons. The van der Waals surface area contributed by atoms with Crippen LogP contribution in [-0.2, 0) is 6.42 Å². The summed E-state index contributed by atoms with van der Waals surface area (Å²) in [7, 11) is 0.133. The Labute approximate surface area is 149 Å². The lowest BCUT2D eigenvalue weighted by atomic mass is 9.84. The van der Waals surface area contributed by atoms with E-state index in [9.17, 15) is 0 Å². The molecule has 1 aromatic heterocycles. The predicted octanol–water partition coefficient (Wildman–Crippen LogP) is 6.69. The summed E-state index contributed by atoms with van der Waals surface area (Å²) in [5.41, 5.74) is 4.42. The molecule has 2 heteroatoms. The van der Waals surface area contributed by atoms with Crippen LogP contribution in [0.3, 0.4) is 0 Å². The van der Waals surface area contributed by atoms with Gasteiger partial charge in [-0.15, -0.1) is 4.72 Å². The van der Waals surface area contributed by atoms with Crippen LogP contribution in [0.2, 0.25) is 0 Å². The van der Waals surface area contributed by atoms with Crippen LogP contribution < -0.4 is 4.72 Å². The average Bonchev–Trinajstić information content (AvgIpc) is 2.99. The fourth-order valence-electron chi connectivity index (χ4n) is 3.83. The Kier molecular flexibility index (Phi) is 6.28. The zero-order chi connectivity index (χ0) is 16.8. The molecule has 1 fully saturated rings. The fraction of sp³-hybridized carbons (Fsp3) is 0.455. The van der Waals surface area contributed by atoms with Crippen molar-refractivity contribution in [2.24, 2.45) is 0 Å². The third-order valence-electron chi connectivity index (χ3n) is 4.97. The van der Waals surface area contributed by atoms with Gasteiger partial charge in [0.2, 0.25) is 0 Å². The number of nitrogens with one attached hydrogen (secondary N) is 1. The Morgan fingerprint density at radius 3 is 2.58 bits per heavy atom. The van der Waals surface area contributed by atoms with Crippen LogP contribution >= 0.6 is 10.7 Å². The molecule has 1 N–H and O–H groups in total. The quantitative estimate of drug-likeness (QED) is 0.577. The summed E-state index contributed by atoms with van der Waals surface area (Å²) >= 11 is 0. The summed E-state index contributed by atoms with van der Waals surface area (Å²) in [6.07, 6.45) is 10.4. The predicted molar refractivity (Wildman–Crippen MR) is 108 cm³/mol. The first kappa shape index (κ1) is 17.4. The maximum Gasteiger partial charge on any atom is 0.179 e. The minimum absolute atomic E-state index is 0.133. The summed E-state index contributed by atoms with van der Waals surface area (Å²) in [6, 6.07) is 13.1. The molecule has 2 aromatic rings. The van der Waals surface area contributed by atoms with Crippen molar-refractivity contribution in [2.75, 3.05) is 11.3 Å². The van der Waals surface area contributed by atoms with Gasteiger partial charge in [-0.1, -0.05) is 61.2 Å². The highest BCUT2D eigenvalue weighted by atomic mass is 32.2. The van der Waals surface area contributed by atoms with Gasteiger partial charge in [-0.25, -0.2) is 0 Å². The molecule has 1 aliphatic rings. The van der Waals surface area contributed by atoms with E-state index in [1.54, 1.807) is 10.4 Å². The lowest BCUT2D eigenvalue weighted by molar-refractivity contribution is 0.443. The van der Waals surface area contributed by atoms with Gasteiger partial charge in [0.15, 0.2) is 10.3 Å². The third-order valence-corrected chi connectivity index (χ3v) is 6.89. The highest BCUT2D eigenvalue weighted by molar-refractivity contribution is 7.31. The van der Waals surface area contributed by atoms with Crippen molar-refractivity contribution >= 4 is 16.7 Å². The fourth-order valence-corrected chi connectivity index (χ4v) is 5.73. The SMILES string of the molecule is CCN[s+]1ccc(C2CCCCC2)c1CC(C)=Cc1ccccc1. The standard InChI is InChI=1S/C22H30NS/c1-3-23-24-15-14-21(20-12-8-5-9-13-20)22(24)17-18(2)16-19-10-6-4-7-11-19/h4,6-7,10-11,14-16,20,23H,3,5,8-9,12-13,17H2,1-2H3/q+1. The molecule has 1 saturated carbocycles. The highest BCUT2D eigenvalue weighted by Gasteiger charge is 2.27. The van der Waals surface area contributed by atoms with Crippen LogP contribution in [0.5, 0.6) is 0 Å². The molecule has 3 rings (SSSR count). The first-order valence-corrected chi connectivity index (χ1v) is 10.7. The first-order valence-electron chi connectivity index (χ1n) is 9.38. The third kappa shape index (κ3) is 4.37. The molecule has 1 atom stereocenters. The van der Waals surface area contributed by atoms with Gasteiger partial charge in [0.1, 0.15) is 0 Å². The van der Waals surface area contributed by atoms with Gasteiger partial charge in [0, 0.05) is 24.6 Å². The van der Waals surface area contributed by atoms with Gasteiger partial charge in [0.25, 0.3) is 0 Å². The van der Waals surface area contributed by atoms with Crippen molar-refractivity contribution in [3.63, 3.8) is 0 Å². The Bertz CT molecular complexity index is 663. The van der Waals surface area contributed by atoms with Gasteiger partial charge in [0.05, 0.1) is 10.7 Å². The summed E-state index contributed by atoms with van der Waals surface area (Å²) < 4.78 is 3.69. The molecule has 0 bridgehead atoms. The smallest absolute Gasteiger partial charge is 0.118 e. The van der Waals surface area contributed by atoms with Gasteiger partial charge in [-0.05, 0) is 38.2 Å². The second-order valence-electron chi connectivity index (χ2n) is 6.93. The highest BCUT2D eigenvalue weighted by Crippen LogP contribution is 2.40. The van der Waals surface area contributed by atoms with Crippen molar-refractivity contribution in [2.45, 2.75) is 58.3 Å². The monoisotopic (exact) mass is 340 g/mol. The molecule has 1 aromatic carbocycles. The van der Waals surface area contributed by atoms with E-state index in [0.717, 1.165) is 18.9 Å². The van der Waals surface area contributed by atoms with Crippen LogP contribution in [0.25, 0.3) is 6.08 Å². The van der Waals surface area contributed by atoms with E-state index in [2.05, 4.69) is 66.4 Å². The summed E-state index contributed by atoms with van der Waals surface area (Å²) in [4.78, 5) is 1.65. The molecule has 1 nitrogen and oxygen atoms in total. The van der Waals surface area contributed by atoms with E-state index in [0.29, 0.717) is 0 Å². The van der Waals surface area contributed by atoms with Gasteiger partial charge >= 0.3 is 0 Å². The van der Waals surface area contributed by atoms with Crippen LogP contribution in [0.15, 0.2) is 47.4 Å². The van der Waals surface area contributed by atoms with Crippen molar-refractivity contribution in [3.05, 3.63) is 63.4 Å². The second kappa shape index (κ2) is 8.64. The number of hydrogen-bond donors (Lipinski definition) is 1. The van der Waals surface area contributed by atoms with Crippen LogP contribution in [0.1, 0.15) is 67.9 Å². The topological polar surface area (TPSA) is 12.0 Å². The zero-order valence-electron chi connectivity index (χ0n) is 15.1. The normalized spacial score (nSPS) is 17.2. The van der Waals surface area contributed by atoms with Crippen molar-refractivity contribution in [1.29, 1.82) is 0 Å². The van der Waals surface area contributed by atoms with Crippen LogP contribution in [0, 0.1) is 0 Å². The molecule has 0 amide bonds. The maximum atomic E-state index is 3.69. The minimum Gasteiger partial charge on any atom is -0.118 e. The number of thiophene rings is 1. The Morgan fingerprint density at radius 1 is 1.12 bits per heavy atom. The van der Waals surface area contributed by atoms with E-state index >= 15 is 0 Å². The number of allylic oxidation sites excluding steroid dienone is 1. The molecule has 24 heavy (non-hydrogen) atoms. The zero-order valence-corrected chi connectivity index (χ0v) is 15.9. The van der Waals surface area contributed by atoms with Crippen LogP contribution in [-0.4, -0.2) is 6.54 Å². The van der Waals surface area contributed by atoms with E-state index in [1.165, 1.54) is 43.2 Å². The molecular weight excluding hydrogens is 310 g/mol. The molecule has 1 aliphatic carbocycles.